The normalized spacial score (nSPS) is 11.8. The average molecular weight is 1830 g/mol. The van der Waals surface area contributed by atoms with Crippen molar-refractivity contribution >= 4 is 88.2 Å². The van der Waals surface area contributed by atoms with E-state index in [1.807, 2.05) is 20.8 Å². The van der Waals surface area contributed by atoms with Crippen molar-refractivity contribution in [2.24, 2.45) is 57.3 Å². The second kappa shape index (κ2) is 99.1. The fourth-order valence-electron chi connectivity index (χ4n) is 14.5. The minimum atomic E-state index is -0.396. The number of rotatable bonds is 84. The van der Waals surface area contributed by atoms with Crippen LogP contribution in [0.2, 0.25) is 0 Å². The summed E-state index contributed by atoms with van der Waals surface area (Å²) >= 11 is 0. The van der Waals surface area contributed by atoms with E-state index in [4.69, 9.17) is 57.3 Å². The molecule has 30 nitrogen and oxygen atoms in total. The molecule has 0 spiro atoms. The second-order valence-corrected chi connectivity index (χ2v) is 35.0. The maximum Gasteiger partial charge on any atom is 0.338 e. The standard InChI is InChI=1S/C25H50N4O2.C21H42N4O2.C20H40N4O2.C17H34N4O2.C16H32N4O2/c1-3-5-7-9-10-11-12-14-16-20-24(31)29-22(18-17-21-28-25(26)27)23(30)19-15-13-8-6-4-2;1-3-5-7-9-11-15-19(26)18(14-13-17-24-21(22)23)25-20(27)16-12-10-8-6-4-2;1-3-5-6-7-8-9-10-11-12-15-19(26)24-17(18(25)4-2)14-13-16-23-20(21)22;1-3-5-6-7-8-12-16(23)21-14(15(22)10-4-2)11-9-13-20-17(18)19;1-3-5-6-7-8-11-15(22)20-13(14(21)4-2)10-9-12-19-16(17)18/h22H,3-21H2,1-2H3,(H,29,31)(H4,26,27,28);18H,3-17H2,1-2H3,(H,25,27)(H4,22,23,24);17H,3-16H2,1-2H3,(H,24,26)(H4,21,22,23);14H,3-13H2,1-2H3,(H,21,23)(H4,18,19,20);13H,3-12H2,1-2H3,(H,20,22)(H4,17,18,19)/p+5. The Kier molecular flexibility index (Phi) is 99.5. The Morgan fingerprint density at radius 3 is 0.481 bits per heavy atom. The second-order valence-electron chi connectivity index (χ2n) is 35.0. The molecule has 0 aliphatic heterocycles. The highest BCUT2D eigenvalue weighted by molar-refractivity contribution is 5.91. The van der Waals surface area contributed by atoms with E-state index in [1.165, 1.54) is 186 Å². The van der Waals surface area contributed by atoms with Gasteiger partial charge in [0.1, 0.15) is 0 Å². The summed E-state index contributed by atoms with van der Waals surface area (Å²) in [4.78, 5) is 136. The van der Waals surface area contributed by atoms with Crippen LogP contribution >= 0.6 is 0 Å². The molecule has 0 radical (unpaired) electrons. The average Bonchev–Trinajstić information content (AvgIpc) is 0.946. The number of hydrogen-bond acceptors (Lipinski definition) is 10. The molecule has 129 heavy (non-hydrogen) atoms. The zero-order chi connectivity index (χ0) is 97.4. The van der Waals surface area contributed by atoms with Crippen molar-refractivity contribution in [1.82, 2.24) is 26.6 Å². The van der Waals surface area contributed by atoms with Crippen LogP contribution in [-0.4, -0.2) is 151 Å². The molecule has 0 heterocycles. The Hall–Kier alpha value is -7.95. The molecular formula is C99H203N20O10+5. The first-order valence-corrected chi connectivity index (χ1v) is 51.7. The molecule has 30 N–H and O–H groups in total. The molecule has 5 atom stereocenters. The van der Waals surface area contributed by atoms with Crippen LogP contribution in [0.15, 0.2) is 0 Å². The van der Waals surface area contributed by atoms with E-state index in [1.54, 1.807) is 0 Å². The summed E-state index contributed by atoms with van der Waals surface area (Å²) in [6.45, 7) is 24.0. The zero-order valence-corrected chi connectivity index (χ0v) is 84.0. The predicted octanol–water partition coefficient (Wildman–Crippen LogP) is 7.14. The van der Waals surface area contributed by atoms with E-state index >= 15 is 0 Å². The van der Waals surface area contributed by atoms with Crippen molar-refractivity contribution in [3.8, 4) is 0 Å². The molecule has 0 saturated carbocycles. The third-order valence-corrected chi connectivity index (χ3v) is 22.4. The molecule has 0 saturated heterocycles. The number of nitrogens with one attached hydrogen (secondary N) is 10. The van der Waals surface area contributed by atoms with Crippen LogP contribution in [0.25, 0.3) is 0 Å². The molecule has 0 fully saturated rings. The van der Waals surface area contributed by atoms with Crippen LogP contribution in [0, 0.1) is 0 Å². The summed E-state index contributed by atoms with van der Waals surface area (Å²) in [5.41, 5.74) is 53.6. The zero-order valence-electron chi connectivity index (χ0n) is 84.0. The number of carbonyl (C=O) groups is 10. The molecule has 0 aromatic heterocycles. The van der Waals surface area contributed by atoms with Crippen molar-refractivity contribution in [3.63, 3.8) is 0 Å². The highest BCUT2D eigenvalue weighted by Gasteiger charge is 2.25. The van der Waals surface area contributed by atoms with E-state index in [2.05, 4.69) is 100 Å². The van der Waals surface area contributed by atoms with Gasteiger partial charge in [-0.05, 0) is 116 Å². The maximum atomic E-state index is 12.7. The predicted molar refractivity (Wildman–Crippen MR) is 533 cm³/mol. The molecule has 754 valence electrons. The minimum Gasteiger partial charge on any atom is -0.346 e. The van der Waals surface area contributed by atoms with Crippen molar-refractivity contribution in [2.45, 2.75) is 510 Å². The molecule has 0 bridgehead atoms. The van der Waals surface area contributed by atoms with Crippen molar-refractivity contribution in [3.05, 3.63) is 0 Å². The van der Waals surface area contributed by atoms with E-state index in [9.17, 15) is 47.9 Å². The molecule has 0 aromatic carbocycles. The quantitative estimate of drug-likeness (QED) is 0.0163. The summed E-state index contributed by atoms with van der Waals surface area (Å²) < 4.78 is 0. The lowest BCUT2D eigenvalue weighted by molar-refractivity contribution is -0.460. The maximum absolute atomic E-state index is 12.7. The van der Waals surface area contributed by atoms with Crippen molar-refractivity contribution < 1.29 is 72.9 Å². The fraction of sp³-hybridized carbons (Fsp3) is 0.848. The summed E-state index contributed by atoms with van der Waals surface area (Å²) in [6, 6.07) is -1.96. The van der Waals surface area contributed by atoms with Crippen LogP contribution in [-0.2, 0) is 47.9 Å². The van der Waals surface area contributed by atoms with E-state index < -0.39 is 18.1 Å². The van der Waals surface area contributed by atoms with Crippen LogP contribution in [0.5, 0.6) is 0 Å². The number of carbonyl (C=O) groups excluding carboxylic acids is 10. The Bertz CT molecular complexity index is 2900. The molecule has 30 heteroatoms. The highest BCUT2D eigenvalue weighted by Crippen LogP contribution is 2.17. The van der Waals surface area contributed by atoms with Gasteiger partial charge in [-0.15, -0.1) is 0 Å². The van der Waals surface area contributed by atoms with Gasteiger partial charge in [0.15, 0.2) is 28.9 Å². The Morgan fingerprint density at radius 1 is 0.178 bits per heavy atom. The summed E-state index contributed by atoms with van der Waals surface area (Å²) in [5, 5.41) is 14.6. The van der Waals surface area contributed by atoms with Gasteiger partial charge in [0.25, 0.3) is 0 Å². The van der Waals surface area contributed by atoms with Gasteiger partial charge < -0.3 is 26.6 Å². The summed E-state index contributed by atoms with van der Waals surface area (Å²) in [6.07, 6.45) is 62.4. The fourth-order valence-corrected chi connectivity index (χ4v) is 14.5. The van der Waals surface area contributed by atoms with E-state index in [0.29, 0.717) is 129 Å². The lowest BCUT2D eigenvalue weighted by Crippen LogP contribution is -2.78. The number of ketones is 5. The molecule has 0 aromatic rings. The van der Waals surface area contributed by atoms with Gasteiger partial charge in [0.05, 0.1) is 62.9 Å². The van der Waals surface area contributed by atoms with E-state index in [0.717, 1.165) is 128 Å². The number of hydrogen-bond donors (Lipinski definition) is 20. The van der Waals surface area contributed by atoms with Gasteiger partial charge in [-0.1, -0.05) is 300 Å². The molecule has 5 unspecified atom stereocenters. The van der Waals surface area contributed by atoms with Crippen molar-refractivity contribution in [2.75, 3.05) is 32.7 Å². The first kappa shape index (κ1) is 130. The van der Waals surface area contributed by atoms with Gasteiger partial charge in [0, 0.05) is 64.2 Å². The lowest BCUT2D eigenvalue weighted by atomic mass is 10.00. The van der Waals surface area contributed by atoms with Gasteiger partial charge in [-0.25, -0.2) is 0 Å². The SMILES string of the molecule is CCCCCCCC(=O)NC(CCC[NH+]=C(N)N)C(=O)CC.CCCCCCCC(=O)NC(CCC[NH+]=C(N)N)C(=O)CCC.CCCCCCCC(=O)NC(CCC[NH+]=C(N)N)C(=O)CCCCCCC.CCCCCCCCCCCC(=O)NC(CCC[NH+]=C(N)N)C(=O)CC.CCCCCCCCCCCC(=O)NC(CCC[NH+]=C(N)N)C(=O)CCCCCCC. The number of guanidine groups is 5. The van der Waals surface area contributed by atoms with Crippen molar-refractivity contribution in [1.29, 1.82) is 0 Å². The minimum absolute atomic E-state index is 0.00476. The Balaban J connectivity index is -0.000000499. The Labute approximate surface area is 784 Å². The first-order valence-electron chi connectivity index (χ1n) is 51.7. The third kappa shape index (κ3) is 97.4. The highest BCUT2D eigenvalue weighted by atomic mass is 16.2. The molecule has 5 amide bonds. The van der Waals surface area contributed by atoms with Gasteiger partial charge >= 0.3 is 29.8 Å². The van der Waals surface area contributed by atoms with E-state index in [-0.39, 0.29) is 100 Å². The number of unbranched alkanes of at least 4 members (excludes halogenated alkanes) is 36. The molecule has 0 aliphatic carbocycles. The molecule has 0 rings (SSSR count). The lowest BCUT2D eigenvalue weighted by Gasteiger charge is -2.17. The summed E-state index contributed by atoms with van der Waals surface area (Å²) in [5.74, 6) is 1.40. The largest absolute Gasteiger partial charge is 0.346 e. The van der Waals surface area contributed by atoms with Gasteiger partial charge in [-0.3, -0.25) is 130 Å². The van der Waals surface area contributed by atoms with Crippen LogP contribution in [0.1, 0.15) is 480 Å². The first-order chi connectivity index (χ1) is 62.0. The smallest absolute Gasteiger partial charge is 0.338 e. The number of nitrogens with two attached hydrogens (primary N) is 10. The van der Waals surface area contributed by atoms with Crippen LogP contribution in [0.4, 0.5) is 0 Å². The summed E-state index contributed by atoms with van der Waals surface area (Å²) in [7, 11) is 0. The van der Waals surface area contributed by atoms with Crippen LogP contribution < -0.4 is 109 Å². The molecule has 0 aliphatic rings. The van der Waals surface area contributed by atoms with Gasteiger partial charge in [-0.2, -0.15) is 0 Å². The third-order valence-electron chi connectivity index (χ3n) is 22.4. The van der Waals surface area contributed by atoms with Crippen LogP contribution in [0.3, 0.4) is 0 Å². The topological polar surface area (TPSA) is 561 Å². The van der Waals surface area contributed by atoms with Gasteiger partial charge in [0.2, 0.25) is 29.5 Å². The Morgan fingerprint density at radius 2 is 0.326 bits per heavy atom. The monoisotopic (exact) mass is 1830 g/mol. The number of Topliss-reactive ketones (excluding diaryl/α,β-unsaturated/α-hetero) is 5. The number of amides is 5. The molecular weight excluding hydrogens is 1630 g/mol.